The smallest absolute Gasteiger partial charge is 0.233 e. The van der Waals surface area contributed by atoms with Gasteiger partial charge >= 0.3 is 0 Å². The Hall–Kier alpha value is -1.35. The minimum atomic E-state index is 0.0497. The molecule has 80 valence electrons. The molecular weight excluding hydrogens is 188 g/mol. The second kappa shape index (κ2) is 4.45. The fourth-order valence-corrected chi connectivity index (χ4v) is 1.80. The van der Waals surface area contributed by atoms with E-state index in [0.29, 0.717) is 18.5 Å². The van der Waals surface area contributed by atoms with Crippen LogP contribution in [0.1, 0.15) is 17.9 Å². The van der Waals surface area contributed by atoms with Gasteiger partial charge in [-0.3, -0.25) is 4.79 Å². The summed E-state index contributed by atoms with van der Waals surface area (Å²) in [5.74, 6) is 0.643. The molecule has 2 rings (SSSR count). The molecule has 0 heterocycles. The zero-order chi connectivity index (χ0) is 10.7. The summed E-state index contributed by atoms with van der Waals surface area (Å²) >= 11 is 0. The Labute approximate surface area is 89.9 Å². The molecule has 0 aromatic heterocycles. The van der Waals surface area contributed by atoms with Crippen LogP contribution in [-0.4, -0.2) is 25.5 Å². The fraction of sp³-hybridized carbons (Fsp3) is 0.417. The van der Waals surface area contributed by atoms with Gasteiger partial charge < -0.3 is 10.6 Å². The summed E-state index contributed by atoms with van der Waals surface area (Å²) in [5.41, 5.74) is 1.37. The van der Waals surface area contributed by atoms with E-state index in [0.717, 1.165) is 6.42 Å². The molecule has 1 aliphatic carbocycles. The molecule has 0 spiro atoms. The predicted molar refractivity (Wildman–Crippen MR) is 59.7 cm³/mol. The second-order valence-electron chi connectivity index (χ2n) is 3.91. The Kier molecular flexibility index (Phi) is 3.02. The quantitative estimate of drug-likeness (QED) is 0.764. The molecule has 1 saturated carbocycles. The van der Waals surface area contributed by atoms with Crippen LogP contribution in [0.3, 0.4) is 0 Å². The van der Waals surface area contributed by atoms with Crippen molar-refractivity contribution in [3.63, 3.8) is 0 Å². The molecule has 3 nitrogen and oxygen atoms in total. The zero-order valence-electron chi connectivity index (χ0n) is 8.86. The average Bonchev–Trinajstić information content (AvgIpc) is 3.06. The number of carbonyl (C=O) groups excluding carboxylic acids is 1. The number of amides is 1. The number of hydrogen-bond acceptors (Lipinski definition) is 2. The van der Waals surface area contributed by atoms with Gasteiger partial charge in [0, 0.05) is 19.0 Å². The van der Waals surface area contributed by atoms with Gasteiger partial charge in [-0.2, -0.15) is 0 Å². The van der Waals surface area contributed by atoms with E-state index in [4.69, 9.17) is 0 Å². The zero-order valence-corrected chi connectivity index (χ0v) is 8.86. The number of rotatable bonds is 4. The SMILES string of the molecule is CNC(=O)CNC1CC1c1ccccc1. The topological polar surface area (TPSA) is 41.1 Å². The van der Waals surface area contributed by atoms with Crippen molar-refractivity contribution < 1.29 is 4.79 Å². The minimum absolute atomic E-state index is 0.0497. The Morgan fingerprint density at radius 2 is 2.13 bits per heavy atom. The first-order valence-corrected chi connectivity index (χ1v) is 5.30. The van der Waals surface area contributed by atoms with Gasteiger partial charge in [-0.05, 0) is 12.0 Å². The van der Waals surface area contributed by atoms with Crippen molar-refractivity contribution in [2.75, 3.05) is 13.6 Å². The molecule has 2 N–H and O–H groups in total. The number of benzene rings is 1. The highest BCUT2D eigenvalue weighted by Crippen LogP contribution is 2.40. The molecule has 0 aliphatic heterocycles. The van der Waals surface area contributed by atoms with Crippen LogP contribution in [-0.2, 0) is 4.79 Å². The Bertz CT molecular complexity index is 337. The van der Waals surface area contributed by atoms with Crippen molar-refractivity contribution in [2.45, 2.75) is 18.4 Å². The van der Waals surface area contributed by atoms with Crippen LogP contribution in [0.25, 0.3) is 0 Å². The molecule has 1 aliphatic rings. The van der Waals surface area contributed by atoms with Crippen LogP contribution in [0.4, 0.5) is 0 Å². The van der Waals surface area contributed by atoms with Gasteiger partial charge in [-0.15, -0.1) is 0 Å². The molecule has 1 amide bonds. The van der Waals surface area contributed by atoms with Crippen molar-refractivity contribution in [3.05, 3.63) is 35.9 Å². The molecule has 1 aromatic carbocycles. The number of likely N-dealkylation sites (N-methyl/N-ethyl adjacent to an activating group) is 1. The third-order valence-electron chi connectivity index (χ3n) is 2.82. The van der Waals surface area contributed by atoms with E-state index < -0.39 is 0 Å². The Balaban J connectivity index is 1.79. The van der Waals surface area contributed by atoms with Gasteiger partial charge in [-0.1, -0.05) is 30.3 Å². The third-order valence-corrected chi connectivity index (χ3v) is 2.82. The highest BCUT2D eigenvalue weighted by molar-refractivity contribution is 5.77. The van der Waals surface area contributed by atoms with E-state index in [1.807, 2.05) is 6.07 Å². The highest BCUT2D eigenvalue weighted by atomic mass is 16.1. The lowest BCUT2D eigenvalue weighted by molar-refractivity contribution is -0.119. The third kappa shape index (κ3) is 2.57. The Morgan fingerprint density at radius 1 is 1.40 bits per heavy atom. The molecule has 2 unspecified atom stereocenters. The maximum Gasteiger partial charge on any atom is 0.233 e. The van der Waals surface area contributed by atoms with E-state index in [1.165, 1.54) is 5.56 Å². The van der Waals surface area contributed by atoms with Crippen LogP contribution in [0, 0.1) is 0 Å². The number of nitrogens with one attached hydrogen (secondary N) is 2. The Morgan fingerprint density at radius 3 is 2.80 bits per heavy atom. The van der Waals surface area contributed by atoms with E-state index in [2.05, 4.69) is 34.9 Å². The molecular formula is C12H16N2O. The first-order chi connectivity index (χ1) is 7.31. The second-order valence-corrected chi connectivity index (χ2v) is 3.91. The molecule has 0 saturated heterocycles. The summed E-state index contributed by atoms with van der Waals surface area (Å²) in [6.45, 7) is 0.421. The van der Waals surface area contributed by atoms with Gasteiger partial charge in [0.1, 0.15) is 0 Å². The van der Waals surface area contributed by atoms with Crippen LogP contribution < -0.4 is 10.6 Å². The molecule has 0 bridgehead atoms. The van der Waals surface area contributed by atoms with Crippen molar-refractivity contribution in [1.82, 2.24) is 10.6 Å². The van der Waals surface area contributed by atoms with Crippen LogP contribution in [0.2, 0.25) is 0 Å². The summed E-state index contributed by atoms with van der Waals surface area (Å²) in [5, 5.41) is 5.85. The number of carbonyl (C=O) groups is 1. The molecule has 15 heavy (non-hydrogen) atoms. The maximum atomic E-state index is 11.0. The van der Waals surface area contributed by atoms with E-state index in [1.54, 1.807) is 7.05 Å². The summed E-state index contributed by atoms with van der Waals surface area (Å²) in [4.78, 5) is 11.0. The monoisotopic (exact) mass is 204 g/mol. The average molecular weight is 204 g/mol. The molecule has 2 atom stereocenters. The van der Waals surface area contributed by atoms with E-state index in [9.17, 15) is 4.79 Å². The van der Waals surface area contributed by atoms with Gasteiger partial charge in [0.15, 0.2) is 0 Å². The standard InChI is InChI=1S/C12H16N2O/c1-13-12(15)8-14-11-7-10(11)9-5-3-2-4-6-9/h2-6,10-11,14H,7-8H2,1H3,(H,13,15). The first kappa shape index (κ1) is 10.2. The molecule has 0 radical (unpaired) electrons. The number of hydrogen-bond donors (Lipinski definition) is 2. The van der Waals surface area contributed by atoms with Gasteiger partial charge in [0.05, 0.1) is 6.54 Å². The fourth-order valence-electron chi connectivity index (χ4n) is 1.80. The summed E-state index contributed by atoms with van der Waals surface area (Å²) < 4.78 is 0. The lowest BCUT2D eigenvalue weighted by atomic mass is 10.1. The normalized spacial score (nSPS) is 23.5. The van der Waals surface area contributed by atoms with Gasteiger partial charge in [0.25, 0.3) is 0 Å². The molecule has 3 heteroatoms. The largest absolute Gasteiger partial charge is 0.358 e. The lowest BCUT2D eigenvalue weighted by Gasteiger charge is -2.03. The summed E-state index contributed by atoms with van der Waals surface area (Å²) in [6.07, 6.45) is 1.14. The molecule has 1 aromatic rings. The summed E-state index contributed by atoms with van der Waals surface area (Å²) in [7, 11) is 1.66. The first-order valence-electron chi connectivity index (χ1n) is 5.30. The minimum Gasteiger partial charge on any atom is -0.358 e. The lowest BCUT2D eigenvalue weighted by Crippen LogP contribution is -2.32. The summed E-state index contributed by atoms with van der Waals surface area (Å²) in [6, 6.07) is 10.9. The van der Waals surface area contributed by atoms with Gasteiger partial charge in [0.2, 0.25) is 5.91 Å². The van der Waals surface area contributed by atoms with Gasteiger partial charge in [-0.25, -0.2) is 0 Å². The van der Waals surface area contributed by atoms with Crippen molar-refractivity contribution in [1.29, 1.82) is 0 Å². The van der Waals surface area contributed by atoms with E-state index >= 15 is 0 Å². The van der Waals surface area contributed by atoms with Crippen LogP contribution in [0.15, 0.2) is 30.3 Å². The van der Waals surface area contributed by atoms with E-state index in [-0.39, 0.29) is 5.91 Å². The predicted octanol–water partition coefficient (Wildman–Crippen LogP) is 0.878. The maximum absolute atomic E-state index is 11.0. The van der Waals surface area contributed by atoms with Crippen molar-refractivity contribution >= 4 is 5.91 Å². The van der Waals surface area contributed by atoms with Crippen LogP contribution >= 0.6 is 0 Å². The van der Waals surface area contributed by atoms with Crippen molar-refractivity contribution in [3.8, 4) is 0 Å². The highest BCUT2D eigenvalue weighted by Gasteiger charge is 2.37. The van der Waals surface area contributed by atoms with Crippen molar-refractivity contribution in [2.24, 2.45) is 0 Å². The van der Waals surface area contributed by atoms with Crippen LogP contribution in [0.5, 0.6) is 0 Å². The molecule has 1 fully saturated rings.